The minimum absolute atomic E-state index is 0.0522. The molecule has 2 aliphatic carbocycles. The second-order valence-electron chi connectivity index (χ2n) is 15.5. The zero-order valence-corrected chi connectivity index (χ0v) is 33.5. The van der Waals surface area contributed by atoms with Crippen molar-refractivity contribution >= 4 is 22.4 Å². The Hall–Kier alpha value is -5.03. The van der Waals surface area contributed by atoms with Crippen molar-refractivity contribution in [1.82, 2.24) is 4.90 Å². The van der Waals surface area contributed by atoms with Crippen LogP contribution in [0.25, 0.3) is 10.8 Å². The molecule has 7 rings (SSSR count). The first kappa shape index (κ1) is 41.1. The molecule has 1 fully saturated rings. The summed E-state index contributed by atoms with van der Waals surface area (Å²) in [5.74, 6) is -1.19. The van der Waals surface area contributed by atoms with Gasteiger partial charge in [-0.25, -0.2) is 4.39 Å². The number of carbonyl (C=O) groups is 1. The molecule has 306 valence electrons. The molecule has 10 heteroatoms. The van der Waals surface area contributed by atoms with E-state index in [0.29, 0.717) is 48.5 Å². The molecular formula is C48H55FN2O7. The maximum Gasteiger partial charge on any atom is 0.254 e. The van der Waals surface area contributed by atoms with Crippen LogP contribution in [0, 0.1) is 23.6 Å². The van der Waals surface area contributed by atoms with Gasteiger partial charge in [0.1, 0.15) is 36.6 Å². The fraction of sp³-hybridized carbons (Fsp3) is 0.417. The molecule has 1 aliphatic heterocycles. The topological polar surface area (TPSA) is 110 Å². The van der Waals surface area contributed by atoms with E-state index < -0.39 is 17.7 Å². The van der Waals surface area contributed by atoms with E-state index in [9.17, 15) is 19.4 Å². The van der Waals surface area contributed by atoms with Crippen molar-refractivity contribution in [2.24, 2.45) is 22.9 Å². The number of carbonyl (C=O) groups excluding carboxylic acids is 1. The summed E-state index contributed by atoms with van der Waals surface area (Å²) in [7, 11) is 1.81. The molecule has 0 radical (unpaired) electrons. The molecule has 1 saturated carbocycles. The van der Waals surface area contributed by atoms with Crippen molar-refractivity contribution in [2.75, 3.05) is 33.5 Å². The van der Waals surface area contributed by atoms with Gasteiger partial charge in [0.2, 0.25) is 5.79 Å². The first-order valence-electron chi connectivity index (χ1n) is 20.7. The van der Waals surface area contributed by atoms with Crippen molar-refractivity contribution in [3.05, 3.63) is 132 Å². The largest absolute Gasteiger partial charge is 0.489 e. The van der Waals surface area contributed by atoms with Crippen molar-refractivity contribution in [3.63, 3.8) is 0 Å². The second kappa shape index (κ2) is 18.7. The Morgan fingerprint density at radius 1 is 0.983 bits per heavy atom. The Labute approximate surface area is 340 Å². The van der Waals surface area contributed by atoms with E-state index in [-0.39, 0.29) is 55.9 Å². The highest BCUT2D eigenvalue weighted by atomic mass is 19.1. The third kappa shape index (κ3) is 8.28. The highest BCUT2D eigenvalue weighted by molar-refractivity contribution is 6.04. The lowest BCUT2D eigenvalue weighted by Crippen LogP contribution is -2.69. The van der Waals surface area contributed by atoms with Gasteiger partial charge in [-0.1, -0.05) is 78.7 Å². The van der Waals surface area contributed by atoms with E-state index in [1.54, 1.807) is 36.2 Å². The summed E-state index contributed by atoms with van der Waals surface area (Å²) < 4.78 is 35.2. The van der Waals surface area contributed by atoms with Crippen LogP contribution in [-0.4, -0.2) is 72.0 Å². The van der Waals surface area contributed by atoms with E-state index in [1.807, 2.05) is 67.6 Å². The fourth-order valence-electron chi connectivity index (χ4n) is 9.40. The van der Waals surface area contributed by atoms with Gasteiger partial charge < -0.3 is 34.2 Å². The first-order chi connectivity index (χ1) is 28.3. The Bertz CT molecular complexity index is 2140. The lowest BCUT2D eigenvalue weighted by atomic mass is 9.55. The van der Waals surface area contributed by atoms with Gasteiger partial charge in [0.05, 0.1) is 18.2 Å². The SMILES string of the molecule is C=CCO[C@@]12Oc3ccc(OCc4ccccc4F)cc3[C@H]3[C@H](CCCCO)[C@@H](CCCCO)C=C(C(=NOCC)C[C@@H]1N(C)C(=O)c1ccc4ccccc4c1)[C@H]32. The van der Waals surface area contributed by atoms with Gasteiger partial charge in [0.25, 0.3) is 5.91 Å². The summed E-state index contributed by atoms with van der Waals surface area (Å²) in [5.41, 5.74) is 3.62. The van der Waals surface area contributed by atoms with Gasteiger partial charge >= 0.3 is 0 Å². The van der Waals surface area contributed by atoms with Crippen molar-refractivity contribution in [1.29, 1.82) is 0 Å². The molecule has 6 atom stereocenters. The van der Waals surface area contributed by atoms with E-state index in [0.717, 1.165) is 53.3 Å². The smallest absolute Gasteiger partial charge is 0.254 e. The number of amides is 1. The molecule has 58 heavy (non-hydrogen) atoms. The first-order valence-corrected chi connectivity index (χ1v) is 20.7. The summed E-state index contributed by atoms with van der Waals surface area (Å²) in [6, 6.07) is 25.4. The number of allylic oxidation sites excluding steroid dienone is 1. The van der Waals surface area contributed by atoms with Crippen molar-refractivity contribution in [3.8, 4) is 11.5 Å². The summed E-state index contributed by atoms with van der Waals surface area (Å²) in [6.45, 7) is 6.69. The molecule has 0 aromatic heterocycles. The van der Waals surface area contributed by atoms with Crippen LogP contribution < -0.4 is 9.47 Å². The predicted octanol–water partition coefficient (Wildman–Crippen LogP) is 8.98. The molecule has 4 aromatic carbocycles. The van der Waals surface area contributed by atoms with Gasteiger partial charge in [-0.2, -0.15) is 0 Å². The Balaban J connectivity index is 1.40. The van der Waals surface area contributed by atoms with Gasteiger partial charge in [-0.3, -0.25) is 4.79 Å². The average molecular weight is 791 g/mol. The lowest BCUT2D eigenvalue weighted by Gasteiger charge is -2.59. The Morgan fingerprint density at radius 2 is 1.74 bits per heavy atom. The number of aliphatic hydroxyl groups excluding tert-OH is 2. The number of aliphatic hydroxyl groups is 2. The molecule has 4 aromatic rings. The van der Waals surface area contributed by atoms with Crippen LogP contribution in [0.5, 0.6) is 11.5 Å². The van der Waals surface area contributed by atoms with Crippen LogP contribution >= 0.6 is 0 Å². The van der Waals surface area contributed by atoms with Crippen LogP contribution in [0.4, 0.5) is 4.39 Å². The molecule has 3 aliphatic rings. The molecule has 0 bridgehead atoms. The number of hydrogen-bond acceptors (Lipinski definition) is 8. The number of ether oxygens (including phenoxy) is 3. The Morgan fingerprint density at radius 3 is 2.50 bits per heavy atom. The molecule has 0 unspecified atom stereocenters. The van der Waals surface area contributed by atoms with E-state index in [4.69, 9.17) is 24.2 Å². The van der Waals surface area contributed by atoms with Gasteiger partial charge in [0, 0.05) is 49.3 Å². The van der Waals surface area contributed by atoms with Gasteiger partial charge in [0.15, 0.2) is 0 Å². The van der Waals surface area contributed by atoms with Crippen LogP contribution in [0.15, 0.2) is 114 Å². The molecular weight excluding hydrogens is 736 g/mol. The number of unbranched alkanes of at least 4 members (excludes halogenated alkanes) is 2. The lowest BCUT2D eigenvalue weighted by molar-refractivity contribution is -0.252. The molecule has 0 saturated heterocycles. The summed E-state index contributed by atoms with van der Waals surface area (Å²) in [5, 5.41) is 26.5. The second-order valence-corrected chi connectivity index (χ2v) is 15.5. The number of benzene rings is 4. The van der Waals surface area contributed by atoms with Crippen LogP contribution in [-0.2, 0) is 16.2 Å². The third-order valence-electron chi connectivity index (χ3n) is 12.1. The minimum Gasteiger partial charge on any atom is -0.489 e. The zero-order chi connectivity index (χ0) is 40.6. The molecule has 0 spiro atoms. The van der Waals surface area contributed by atoms with Crippen molar-refractivity contribution < 1.29 is 38.4 Å². The maximum atomic E-state index is 14.7. The number of rotatable bonds is 18. The number of fused-ring (bicyclic) bond motifs is 3. The number of oxime groups is 1. The predicted molar refractivity (Wildman–Crippen MR) is 223 cm³/mol. The van der Waals surface area contributed by atoms with E-state index in [2.05, 4.69) is 12.7 Å². The van der Waals surface area contributed by atoms with E-state index >= 15 is 0 Å². The van der Waals surface area contributed by atoms with E-state index in [1.165, 1.54) is 6.07 Å². The number of halogens is 1. The van der Waals surface area contributed by atoms with Crippen LogP contribution in [0.2, 0.25) is 0 Å². The highest BCUT2D eigenvalue weighted by Crippen LogP contribution is 2.62. The molecule has 1 heterocycles. The van der Waals surface area contributed by atoms with Crippen LogP contribution in [0.3, 0.4) is 0 Å². The number of nitrogens with zero attached hydrogens (tertiary/aromatic N) is 2. The summed E-state index contributed by atoms with van der Waals surface area (Å²) in [6.07, 6.45) is 8.94. The summed E-state index contributed by atoms with van der Waals surface area (Å²) >= 11 is 0. The fourth-order valence-corrected chi connectivity index (χ4v) is 9.40. The van der Waals surface area contributed by atoms with Gasteiger partial charge in [-0.15, -0.1) is 6.58 Å². The molecule has 1 amide bonds. The number of hydrogen-bond donors (Lipinski definition) is 2. The minimum atomic E-state index is -1.37. The zero-order valence-electron chi connectivity index (χ0n) is 33.5. The number of likely N-dealkylation sites (N-methyl/N-ethyl adjacent to an activating group) is 1. The Kier molecular flexibility index (Phi) is 13.3. The highest BCUT2D eigenvalue weighted by Gasteiger charge is 2.65. The standard InChI is InChI=1S/C48H55FN2O7/c1-4-26-56-48-44(51(3)47(54)35-21-20-32-14-6-7-15-33(32)27-35)30-42(50-57-5-2)39-28-34(16-10-12-24-52)38(18-11-13-25-53)45(46(39)48)40-29-37(22-23-43(40)58-48)55-31-36-17-8-9-19-41(36)49/h4,6-9,14-15,17,19-23,27-29,34,38,44-46,52-53H,1,5,10-13,16,18,24-26,30-31H2,2-3H3/t34-,38+,44-,45+,46+,48+/m0/s1. The normalized spacial score (nSPS) is 24.0. The monoisotopic (exact) mass is 790 g/mol. The summed E-state index contributed by atoms with van der Waals surface area (Å²) in [4.78, 5) is 22.3. The van der Waals surface area contributed by atoms with Crippen molar-refractivity contribution in [2.45, 2.75) is 76.2 Å². The molecule has 2 N–H and O–H groups in total. The quantitative estimate of drug-likeness (QED) is 0.0589. The van der Waals surface area contributed by atoms with Crippen LogP contribution in [0.1, 0.15) is 79.3 Å². The third-order valence-corrected chi connectivity index (χ3v) is 12.1. The van der Waals surface area contributed by atoms with Gasteiger partial charge in [-0.05, 0) is 97.2 Å². The average Bonchev–Trinajstić information content (AvgIpc) is 3.25. The maximum absolute atomic E-state index is 14.7. The molecule has 9 nitrogen and oxygen atoms in total.